The average Bonchev–Trinajstić information content (AvgIpc) is 3.70. The van der Waals surface area contributed by atoms with E-state index in [-0.39, 0.29) is 0 Å². The number of nitrogens with zero attached hydrogens (tertiary/aromatic N) is 3. The molecule has 0 saturated carbocycles. The van der Waals surface area contributed by atoms with Gasteiger partial charge in [-0.1, -0.05) is 212 Å². The van der Waals surface area contributed by atoms with Gasteiger partial charge < -0.3 is 0 Å². The van der Waals surface area contributed by atoms with Crippen molar-refractivity contribution in [2.45, 2.75) is 38.0 Å². The number of rotatable bonds is 6. The van der Waals surface area contributed by atoms with Gasteiger partial charge in [-0.15, -0.1) is 0 Å². The first kappa shape index (κ1) is 40.0. The van der Waals surface area contributed by atoms with E-state index in [4.69, 9.17) is 15.0 Å². The van der Waals surface area contributed by atoms with Gasteiger partial charge in [-0.05, 0) is 133 Å². The molecule has 3 heteroatoms. The topological polar surface area (TPSA) is 38.7 Å². The molecule has 0 aliphatic heterocycles. The standard InChI is InChI=1S/C65H47N3/c1-42-15-12-22-50(39-42)43-27-29-44(30-28-43)51-35-37-54-55-38-36-52(41-60(55)65(59(54)40-51)57-25-11-10-23-53(57)56-24-13-20-46-21-14-26-58(65)61(46)56)45-31-33-49(34-32-45)64-67-62(47-16-6-2-3-7-17-47)66-63(68-64)48-18-8-4-5-9-19-48/h2-6,8,10-11,13-14,16-41H,7,9,12,15H2,1H3. The summed E-state index contributed by atoms with van der Waals surface area (Å²) >= 11 is 0. The molecule has 8 aromatic rings. The zero-order valence-electron chi connectivity index (χ0n) is 38.0. The van der Waals surface area contributed by atoms with Gasteiger partial charge in [0.15, 0.2) is 17.5 Å². The number of aromatic nitrogens is 3. The predicted molar refractivity (Wildman–Crippen MR) is 283 cm³/mol. The van der Waals surface area contributed by atoms with Crippen LogP contribution in [0.4, 0.5) is 0 Å². The Bertz CT molecular complexity index is 3600. The van der Waals surface area contributed by atoms with E-state index in [0.29, 0.717) is 17.5 Å². The van der Waals surface area contributed by atoms with Crippen LogP contribution in [0.3, 0.4) is 0 Å². The molecule has 5 aliphatic carbocycles. The molecule has 7 aromatic carbocycles. The van der Waals surface area contributed by atoms with Crippen LogP contribution in [-0.4, -0.2) is 15.0 Å². The second-order valence-corrected chi connectivity index (χ2v) is 18.5. The van der Waals surface area contributed by atoms with Crippen LogP contribution in [0.15, 0.2) is 224 Å². The van der Waals surface area contributed by atoms with Crippen LogP contribution < -0.4 is 0 Å². The third kappa shape index (κ3) is 6.53. The van der Waals surface area contributed by atoms with Gasteiger partial charge in [0.05, 0.1) is 5.41 Å². The molecule has 1 atom stereocenters. The lowest BCUT2D eigenvalue weighted by Crippen LogP contribution is -2.31. The average molecular weight is 870 g/mol. The highest BCUT2D eigenvalue weighted by Crippen LogP contribution is 2.62. The molecule has 0 bridgehead atoms. The second kappa shape index (κ2) is 16.3. The third-order valence-corrected chi connectivity index (χ3v) is 14.5. The molecule has 0 radical (unpaired) electrons. The summed E-state index contributed by atoms with van der Waals surface area (Å²) in [5, 5.41) is 2.59. The highest BCUT2D eigenvalue weighted by Gasteiger charge is 2.50. The van der Waals surface area contributed by atoms with Crippen molar-refractivity contribution in [1.29, 1.82) is 0 Å². The Hall–Kier alpha value is -8.27. The summed E-state index contributed by atoms with van der Waals surface area (Å²) in [7, 11) is 0. The molecule has 5 aliphatic rings. The van der Waals surface area contributed by atoms with Crippen molar-refractivity contribution < 1.29 is 0 Å². The summed E-state index contributed by atoms with van der Waals surface area (Å²) < 4.78 is 0. The maximum absolute atomic E-state index is 5.09. The molecule has 13 rings (SSSR count). The summed E-state index contributed by atoms with van der Waals surface area (Å²) in [6.45, 7) is 2.24. The quantitative estimate of drug-likeness (QED) is 0.167. The first-order valence-electron chi connectivity index (χ1n) is 23.9. The molecule has 3 nitrogen and oxygen atoms in total. The van der Waals surface area contributed by atoms with Gasteiger partial charge in [0, 0.05) is 16.7 Å². The Labute approximate surface area is 398 Å². The lowest BCUT2D eigenvalue weighted by molar-refractivity contribution is 0.774. The predicted octanol–water partition coefficient (Wildman–Crippen LogP) is 16.3. The van der Waals surface area contributed by atoms with Gasteiger partial charge in [-0.3, -0.25) is 0 Å². The molecule has 1 unspecified atom stereocenters. The molecule has 1 heterocycles. The van der Waals surface area contributed by atoms with Crippen LogP contribution in [0.25, 0.3) is 83.4 Å². The lowest BCUT2D eigenvalue weighted by Gasteiger charge is -2.40. The van der Waals surface area contributed by atoms with Crippen molar-refractivity contribution in [1.82, 2.24) is 15.0 Å². The molecule has 68 heavy (non-hydrogen) atoms. The van der Waals surface area contributed by atoms with E-state index < -0.39 is 5.41 Å². The molecule has 0 fully saturated rings. The fourth-order valence-electron chi connectivity index (χ4n) is 11.3. The number of hydrogen-bond donors (Lipinski definition) is 0. The number of fused-ring (bicyclic) bond motifs is 9. The summed E-state index contributed by atoms with van der Waals surface area (Å²) in [4.78, 5) is 15.2. The van der Waals surface area contributed by atoms with Crippen molar-refractivity contribution in [3.05, 3.63) is 264 Å². The monoisotopic (exact) mass is 869 g/mol. The van der Waals surface area contributed by atoms with Crippen LogP contribution >= 0.6 is 0 Å². The summed E-state index contributed by atoms with van der Waals surface area (Å²) in [5.41, 5.74) is 21.6. The Kier molecular flexibility index (Phi) is 9.57. The SMILES string of the molecule is CC1=CC(c2ccc(-c3ccc4c(c3)C3(c5cc(-c6ccc(-c7nc(C8=CCC=CC=C8)nc(C8=CCC=CC=C8)n7)cc6)ccc5-4)c4ccccc4-c4cccc5cccc3c45)cc2)=CCC1. The lowest BCUT2D eigenvalue weighted by atomic mass is 9.61. The molecular formula is C65H47N3. The maximum Gasteiger partial charge on any atom is 0.164 e. The van der Waals surface area contributed by atoms with E-state index in [0.717, 1.165) is 48.0 Å². The highest BCUT2D eigenvalue weighted by atomic mass is 15.0. The first-order valence-corrected chi connectivity index (χ1v) is 23.9. The van der Waals surface area contributed by atoms with Crippen molar-refractivity contribution in [2.24, 2.45) is 0 Å². The molecule has 1 aromatic heterocycles. The van der Waals surface area contributed by atoms with E-state index in [1.807, 2.05) is 0 Å². The Morgan fingerprint density at radius 2 is 0.941 bits per heavy atom. The largest absolute Gasteiger partial charge is 0.208 e. The van der Waals surface area contributed by atoms with E-state index in [1.165, 1.54) is 88.7 Å². The van der Waals surface area contributed by atoms with Crippen molar-refractivity contribution in [3.63, 3.8) is 0 Å². The van der Waals surface area contributed by atoms with Gasteiger partial charge in [0.25, 0.3) is 0 Å². The fourth-order valence-corrected chi connectivity index (χ4v) is 11.3. The van der Waals surface area contributed by atoms with E-state index in [1.54, 1.807) is 0 Å². The zero-order chi connectivity index (χ0) is 45.2. The maximum atomic E-state index is 5.09. The van der Waals surface area contributed by atoms with Gasteiger partial charge in [0.2, 0.25) is 0 Å². The summed E-state index contributed by atoms with van der Waals surface area (Å²) in [5.74, 6) is 2.02. The van der Waals surface area contributed by atoms with Gasteiger partial charge in [-0.25, -0.2) is 15.0 Å². The smallest absolute Gasteiger partial charge is 0.164 e. The first-order chi connectivity index (χ1) is 33.6. The zero-order valence-corrected chi connectivity index (χ0v) is 38.0. The summed E-state index contributed by atoms with van der Waals surface area (Å²) in [6, 6.07) is 55.2. The molecule has 0 amide bonds. The molecular weight excluding hydrogens is 823 g/mol. The van der Waals surface area contributed by atoms with Crippen molar-refractivity contribution >= 4 is 27.5 Å². The van der Waals surface area contributed by atoms with Crippen LogP contribution in [-0.2, 0) is 5.41 Å². The molecule has 1 spiro atoms. The minimum absolute atomic E-state index is 0.554. The minimum Gasteiger partial charge on any atom is -0.208 e. The number of benzene rings is 7. The highest BCUT2D eigenvalue weighted by molar-refractivity contribution is 6.07. The third-order valence-electron chi connectivity index (χ3n) is 14.5. The molecule has 322 valence electrons. The van der Waals surface area contributed by atoms with Crippen LogP contribution in [0.2, 0.25) is 0 Å². The number of allylic oxidation sites excluding steroid dienone is 16. The normalized spacial score (nSPS) is 17.4. The summed E-state index contributed by atoms with van der Waals surface area (Å²) in [6.07, 6.45) is 29.7. The van der Waals surface area contributed by atoms with Crippen LogP contribution in [0.1, 0.15) is 72.1 Å². The van der Waals surface area contributed by atoms with Gasteiger partial charge >= 0.3 is 0 Å². The molecule has 0 N–H and O–H groups in total. The molecule has 0 saturated heterocycles. The van der Waals surface area contributed by atoms with E-state index in [9.17, 15) is 0 Å². The minimum atomic E-state index is -0.554. The number of hydrogen-bond acceptors (Lipinski definition) is 3. The van der Waals surface area contributed by atoms with Gasteiger partial charge in [-0.2, -0.15) is 0 Å². The van der Waals surface area contributed by atoms with Gasteiger partial charge in [0.1, 0.15) is 0 Å². The van der Waals surface area contributed by atoms with Crippen LogP contribution in [0, 0.1) is 0 Å². The fraction of sp³-hybridized carbons (Fsp3) is 0.0923. The van der Waals surface area contributed by atoms with Crippen LogP contribution in [0.5, 0.6) is 0 Å². The van der Waals surface area contributed by atoms with Crippen molar-refractivity contribution in [2.75, 3.05) is 0 Å². The Morgan fingerprint density at radius 1 is 0.412 bits per heavy atom. The Morgan fingerprint density at radius 3 is 1.59 bits per heavy atom. The second-order valence-electron chi connectivity index (χ2n) is 18.5. The van der Waals surface area contributed by atoms with E-state index >= 15 is 0 Å². The van der Waals surface area contributed by atoms with Crippen molar-refractivity contribution in [3.8, 4) is 55.9 Å². The Balaban J connectivity index is 0.955. The van der Waals surface area contributed by atoms with E-state index in [2.05, 4.69) is 225 Å².